The summed E-state index contributed by atoms with van der Waals surface area (Å²) in [6.45, 7) is 2.21. The first-order chi connectivity index (χ1) is 13.0. The third kappa shape index (κ3) is 4.87. The van der Waals surface area contributed by atoms with Gasteiger partial charge in [-0.05, 0) is 43.3 Å². The van der Waals surface area contributed by atoms with Crippen molar-refractivity contribution < 1.29 is 35.8 Å². The van der Waals surface area contributed by atoms with E-state index >= 15 is 0 Å². The van der Waals surface area contributed by atoms with Crippen LogP contribution in [0.25, 0.3) is 0 Å². The standard InChI is InChI=1S/C18H16F6N2O2/c1-11-10-25-26(14-6-4-13(5-7-14)17(19,20)21)16(27-11)12-2-8-15(9-3-12)28-18(22,23)24/h2-9,11,16,25H,10H2,1H3. The number of nitrogens with zero attached hydrogens (tertiary/aromatic N) is 1. The first kappa shape index (κ1) is 20.3. The SMILES string of the molecule is CC1CNN(c2ccc(C(F)(F)F)cc2)C(c2ccc(OC(F)(F)F)cc2)O1. The molecule has 4 nitrogen and oxygen atoms in total. The molecule has 1 N–H and O–H groups in total. The molecule has 1 fully saturated rings. The zero-order valence-corrected chi connectivity index (χ0v) is 14.5. The van der Waals surface area contributed by atoms with E-state index in [2.05, 4.69) is 10.2 Å². The molecule has 0 spiro atoms. The van der Waals surface area contributed by atoms with Gasteiger partial charge in [-0.1, -0.05) is 12.1 Å². The van der Waals surface area contributed by atoms with Crippen LogP contribution in [0, 0.1) is 0 Å². The van der Waals surface area contributed by atoms with Crippen molar-refractivity contribution in [3.63, 3.8) is 0 Å². The quantitative estimate of drug-likeness (QED) is 0.725. The fraction of sp³-hybridized carbons (Fsp3) is 0.333. The van der Waals surface area contributed by atoms with Crippen molar-refractivity contribution in [3.8, 4) is 5.75 Å². The maximum Gasteiger partial charge on any atom is 0.573 e. The van der Waals surface area contributed by atoms with Crippen molar-refractivity contribution in [3.05, 3.63) is 59.7 Å². The van der Waals surface area contributed by atoms with Crippen LogP contribution in [0.15, 0.2) is 48.5 Å². The summed E-state index contributed by atoms with van der Waals surface area (Å²) in [5.41, 5.74) is 3.20. The van der Waals surface area contributed by atoms with Crippen LogP contribution in [0.5, 0.6) is 5.75 Å². The molecule has 152 valence electrons. The smallest absolute Gasteiger partial charge is 0.406 e. The highest BCUT2D eigenvalue weighted by Gasteiger charge is 2.33. The Morgan fingerprint density at radius 2 is 1.57 bits per heavy atom. The van der Waals surface area contributed by atoms with Gasteiger partial charge in [0, 0.05) is 12.1 Å². The number of anilines is 1. The first-order valence-corrected chi connectivity index (χ1v) is 8.24. The minimum Gasteiger partial charge on any atom is -0.406 e. The fourth-order valence-electron chi connectivity index (χ4n) is 2.74. The molecule has 0 aliphatic carbocycles. The third-order valence-electron chi connectivity index (χ3n) is 4.02. The van der Waals surface area contributed by atoms with Gasteiger partial charge < -0.3 is 9.47 Å². The lowest BCUT2D eigenvalue weighted by Gasteiger charge is -2.40. The average Bonchev–Trinajstić information content (AvgIpc) is 2.60. The van der Waals surface area contributed by atoms with Crippen molar-refractivity contribution in [2.75, 3.05) is 11.6 Å². The monoisotopic (exact) mass is 406 g/mol. The molecule has 1 aliphatic heterocycles. The van der Waals surface area contributed by atoms with E-state index < -0.39 is 24.3 Å². The lowest BCUT2D eigenvalue weighted by atomic mass is 10.1. The summed E-state index contributed by atoms with van der Waals surface area (Å²) in [7, 11) is 0. The van der Waals surface area contributed by atoms with E-state index in [0.29, 0.717) is 17.8 Å². The average molecular weight is 406 g/mol. The highest BCUT2D eigenvalue weighted by atomic mass is 19.4. The zero-order chi connectivity index (χ0) is 20.5. The second kappa shape index (κ2) is 7.51. The Morgan fingerprint density at radius 3 is 2.11 bits per heavy atom. The van der Waals surface area contributed by atoms with Gasteiger partial charge in [0.05, 0.1) is 17.4 Å². The van der Waals surface area contributed by atoms with Crippen molar-refractivity contribution >= 4 is 5.69 Å². The Labute approximate surface area is 156 Å². The Kier molecular flexibility index (Phi) is 5.44. The van der Waals surface area contributed by atoms with Crippen LogP contribution < -0.4 is 15.2 Å². The maximum atomic E-state index is 12.8. The van der Waals surface area contributed by atoms with Crippen molar-refractivity contribution in [2.45, 2.75) is 31.8 Å². The van der Waals surface area contributed by atoms with Crippen LogP contribution in [-0.2, 0) is 10.9 Å². The van der Waals surface area contributed by atoms with Gasteiger partial charge in [0.15, 0.2) is 6.23 Å². The molecule has 0 saturated carbocycles. The molecule has 1 heterocycles. The molecule has 0 amide bonds. The number of halogens is 6. The fourth-order valence-corrected chi connectivity index (χ4v) is 2.74. The lowest BCUT2D eigenvalue weighted by molar-refractivity contribution is -0.274. The maximum absolute atomic E-state index is 12.8. The summed E-state index contributed by atoms with van der Waals surface area (Å²) >= 11 is 0. The summed E-state index contributed by atoms with van der Waals surface area (Å²) in [5, 5.41) is 1.53. The minimum absolute atomic E-state index is 0.221. The van der Waals surface area contributed by atoms with Crippen LogP contribution in [0.1, 0.15) is 24.3 Å². The molecule has 1 saturated heterocycles. The van der Waals surface area contributed by atoms with Gasteiger partial charge in [0.1, 0.15) is 5.75 Å². The largest absolute Gasteiger partial charge is 0.573 e. The molecule has 1 aliphatic rings. The zero-order valence-electron chi connectivity index (χ0n) is 14.5. The Bertz CT molecular complexity index is 790. The summed E-state index contributed by atoms with van der Waals surface area (Å²) in [6, 6.07) is 9.60. The van der Waals surface area contributed by atoms with E-state index in [1.807, 2.05) is 0 Å². The minimum atomic E-state index is -4.80. The molecule has 28 heavy (non-hydrogen) atoms. The molecule has 2 aromatic rings. The lowest BCUT2D eigenvalue weighted by Crippen LogP contribution is -2.51. The normalized spacial score (nSPS) is 20.9. The van der Waals surface area contributed by atoms with E-state index in [9.17, 15) is 26.3 Å². The van der Waals surface area contributed by atoms with Crippen LogP contribution in [-0.4, -0.2) is 19.0 Å². The molecule has 0 bridgehead atoms. The van der Waals surface area contributed by atoms with Crippen molar-refractivity contribution in [1.29, 1.82) is 0 Å². The number of ether oxygens (including phenoxy) is 2. The Morgan fingerprint density at radius 1 is 0.964 bits per heavy atom. The van der Waals surface area contributed by atoms with E-state index in [1.54, 1.807) is 6.92 Å². The molecule has 2 aromatic carbocycles. The highest BCUT2D eigenvalue weighted by molar-refractivity contribution is 5.49. The van der Waals surface area contributed by atoms with Crippen LogP contribution >= 0.6 is 0 Å². The molecular formula is C18H16F6N2O2. The van der Waals surface area contributed by atoms with Gasteiger partial charge in [-0.2, -0.15) is 13.2 Å². The number of rotatable bonds is 3. The number of hydrogen-bond donors (Lipinski definition) is 1. The number of alkyl halides is 6. The first-order valence-electron chi connectivity index (χ1n) is 8.24. The van der Waals surface area contributed by atoms with E-state index in [1.165, 1.54) is 29.3 Å². The molecule has 0 radical (unpaired) electrons. The van der Waals surface area contributed by atoms with Gasteiger partial charge >= 0.3 is 12.5 Å². The second-order valence-corrected chi connectivity index (χ2v) is 6.19. The van der Waals surface area contributed by atoms with Gasteiger partial charge in [-0.25, -0.2) is 5.43 Å². The molecule has 3 rings (SSSR count). The van der Waals surface area contributed by atoms with Gasteiger partial charge in [0.25, 0.3) is 0 Å². The van der Waals surface area contributed by atoms with Crippen LogP contribution in [0.3, 0.4) is 0 Å². The van der Waals surface area contributed by atoms with Gasteiger partial charge in [-0.3, -0.25) is 5.01 Å². The molecule has 10 heteroatoms. The predicted molar refractivity (Wildman–Crippen MR) is 88.3 cm³/mol. The van der Waals surface area contributed by atoms with Crippen LogP contribution in [0.2, 0.25) is 0 Å². The summed E-state index contributed by atoms with van der Waals surface area (Å²) in [4.78, 5) is 0. The Balaban J connectivity index is 1.84. The van der Waals surface area contributed by atoms with E-state index in [-0.39, 0.29) is 11.9 Å². The number of hydrogen-bond acceptors (Lipinski definition) is 4. The van der Waals surface area contributed by atoms with Crippen molar-refractivity contribution in [2.24, 2.45) is 0 Å². The molecule has 0 aromatic heterocycles. The van der Waals surface area contributed by atoms with E-state index in [0.717, 1.165) is 24.3 Å². The highest BCUT2D eigenvalue weighted by Crippen LogP contribution is 2.34. The van der Waals surface area contributed by atoms with Crippen LogP contribution in [0.4, 0.5) is 32.0 Å². The topological polar surface area (TPSA) is 33.7 Å². The van der Waals surface area contributed by atoms with E-state index in [4.69, 9.17) is 4.74 Å². The third-order valence-corrected chi connectivity index (χ3v) is 4.02. The molecule has 2 atom stereocenters. The number of hydrazine groups is 1. The molecular weight excluding hydrogens is 390 g/mol. The molecule has 2 unspecified atom stereocenters. The van der Waals surface area contributed by atoms with Gasteiger partial charge in [-0.15, -0.1) is 13.2 Å². The number of benzene rings is 2. The second-order valence-electron chi connectivity index (χ2n) is 6.19. The summed E-state index contributed by atoms with van der Waals surface area (Å²) in [6.07, 6.45) is -10.2. The summed E-state index contributed by atoms with van der Waals surface area (Å²) < 4.78 is 84.9. The van der Waals surface area contributed by atoms with Crippen molar-refractivity contribution in [1.82, 2.24) is 5.43 Å². The Hall–Kier alpha value is -2.46. The predicted octanol–water partition coefficient (Wildman–Crippen LogP) is 5.03. The van der Waals surface area contributed by atoms with Gasteiger partial charge in [0.2, 0.25) is 0 Å². The summed E-state index contributed by atoms with van der Waals surface area (Å²) in [5.74, 6) is -0.380. The number of nitrogens with one attached hydrogen (secondary N) is 1.